The van der Waals surface area contributed by atoms with Crippen LogP contribution < -0.4 is 4.74 Å². The van der Waals surface area contributed by atoms with Gasteiger partial charge in [-0.2, -0.15) is 0 Å². The molecule has 3 nitrogen and oxygen atoms in total. The second kappa shape index (κ2) is 5.92. The van der Waals surface area contributed by atoms with Gasteiger partial charge in [-0.3, -0.25) is 4.79 Å². The second-order valence-corrected chi connectivity index (χ2v) is 6.54. The number of halogens is 1. The van der Waals surface area contributed by atoms with E-state index in [0.717, 1.165) is 26.7 Å². The van der Waals surface area contributed by atoms with E-state index >= 15 is 0 Å². The number of benzene rings is 1. The number of aliphatic carboxylic acids is 1. The summed E-state index contributed by atoms with van der Waals surface area (Å²) in [5.41, 5.74) is 0. The van der Waals surface area contributed by atoms with Crippen LogP contribution >= 0.6 is 27.3 Å². The van der Waals surface area contributed by atoms with Crippen molar-refractivity contribution < 1.29 is 14.6 Å². The van der Waals surface area contributed by atoms with E-state index in [4.69, 9.17) is 9.84 Å². The van der Waals surface area contributed by atoms with Gasteiger partial charge in [-0.05, 0) is 52.4 Å². The number of fused-ring (bicyclic) bond motifs is 1. The molecule has 0 radical (unpaired) electrons. The van der Waals surface area contributed by atoms with E-state index in [9.17, 15) is 4.79 Å². The lowest BCUT2D eigenvalue weighted by Gasteiger charge is -2.03. The highest BCUT2D eigenvalue weighted by Crippen LogP contribution is 2.35. The molecule has 0 aliphatic heterocycles. The van der Waals surface area contributed by atoms with Crippen LogP contribution in [0.3, 0.4) is 0 Å². The lowest BCUT2D eigenvalue weighted by atomic mass is 10.1. The van der Waals surface area contributed by atoms with E-state index in [1.54, 1.807) is 25.4 Å². The fraction of sp³-hybridized carbons (Fsp3) is 0.357. The summed E-state index contributed by atoms with van der Waals surface area (Å²) in [6, 6.07) is 6.17. The summed E-state index contributed by atoms with van der Waals surface area (Å²) in [4.78, 5) is 12.0. The molecule has 0 aliphatic carbocycles. The molecule has 0 spiro atoms. The molecule has 1 aromatic carbocycles. The average molecular weight is 343 g/mol. The highest BCUT2D eigenvalue weighted by molar-refractivity contribution is 9.10. The number of carboxylic acids is 1. The normalized spacial score (nSPS) is 12.6. The van der Waals surface area contributed by atoms with E-state index in [1.807, 2.05) is 12.1 Å². The predicted molar refractivity (Wildman–Crippen MR) is 81.2 cm³/mol. The topological polar surface area (TPSA) is 46.5 Å². The Morgan fingerprint density at radius 2 is 2.21 bits per heavy atom. The zero-order chi connectivity index (χ0) is 14.0. The molecule has 102 valence electrons. The zero-order valence-corrected chi connectivity index (χ0v) is 13.2. The number of ether oxygens (including phenoxy) is 1. The average Bonchev–Trinajstić information content (AvgIpc) is 2.76. The number of aryl methyl sites for hydroxylation is 1. The second-order valence-electron chi connectivity index (χ2n) is 4.52. The van der Waals surface area contributed by atoms with Crippen LogP contribution in [0.4, 0.5) is 0 Å². The minimum atomic E-state index is -0.731. The first-order valence-corrected chi connectivity index (χ1v) is 7.61. The summed E-state index contributed by atoms with van der Waals surface area (Å²) in [5, 5.41) is 10.0. The number of hydrogen-bond donors (Lipinski definition) is 1. The Balaban J connectivity index is 2.19. The quantitative estimate of drug-likeness (QED) is 0.879. The van der Waals surface area contributed by atoms with Crippen molar-refractivity contribution in [1.29, 1.82) is 0 Å². The summed E-state index contributed by atoms with van der Waals surface area (Å²) in [5.74, 6) is -0.211. The van der Waals surface area contributed by atoms with Crippen LogP contribution in [-0.2, 0) is 11.2 Å². The number of thiophene rings is 1. The van der Waals surface area contributed by atoms with Crippen molar-refractivity contribution in [2.75, 3.05) is 7.11 Å². The van der Waals surface area contributed by atoms with E-state index in [2.05, 4.69) is 22.0 Å². The molecular weight excluding hydrogens is 328 g/mol. The number of carboxylic acid groups (broad SMARTS) is 1. The van der Waals surface area contributed by atoms with Gasteiger partial charge in [-0.15, -0.1) is 11.3 Å². The van der Waals surface area contributed by atoms with Crippen LogP contribution in [0.25, 0.3) is 10.1 Å². The summed E-state index contributed by atoms with van der Waals surface area (Å²) < 4.78 is 7.37. The lowest BCUT2D eigenvalue weighted by Crippen LogP contribution is -2.09. The largest absolute Gasteiger partial charge is 0.496 e. The Morgan fingerprint density at radius 3 is 2.84 bits per heavy atom. The van der Waals surface area contributed by atoms with E-state index in [0.29, 0.717) is 6.42 Å². The van der Waals surface area contributed by atoms with Gasteiger partial charge in [0.2, 0.25) is 0 Å². The standard InChI is InChI=1S/C14H15BrO3S/c1-8(14(16)17)3-4-10-5-9-6-11(15)12(18-2)7-13(9)19-10/h5-8H,3-4H2,1-2H3,(H,16,17). The zero-order valence-electron chi connectivity index (χ0n) is 10.8. The van der Waals surface area contributed by atoms with Crippen molar-refractivity contribution in [3.8, 4) is 5.75 Å². The van der Waals surface area contributed by atoms with Gasteiger partial charge in [0, 0.05) is 9.58 Å². The van der Waals surface area contributed by atoms with Crippen LogP contribution in [0.1, 0.15) is 18.2 Å². The molecule has 0 fully saturated rings. The number of carbonyl (C=O) groups is 1. The predicted octanol–water partition coefficient (Wildman–Crippen LogP) is 4.33. The van der Waals surface area contributed by atoms with Crippen LogP contribution in [-0.4, -0.2) is 18.2 Å². The van der Waals surface area contributed by atoms with Crippen molar-refractivity contribution in [3.05, 3.63) is 27.5 Å². The molecule has 1 N–H and O–H groups in total. The Labute approximate surface area is 124 Å². The van der Waals surface area contributed by atoms with Gasteiger partial charge < -0.3 is 9.84 Å². The molecule has 0 amide bonds. The van der Waals surface area contributed by atoms with Gasteiger partial charge in [-0.25, -0.2) is 0 Å². The van der Waals surface area contributed by atoms with Gasteiger partial charge in [0.25, 0.3) is 0 Å². The maximum absolute atomic E-state index is 10.8. The van der Waals surface area contributed by atoms with Crippen molar-refractivity contribution in [2.45, 2.75) is 19.8 Å². The third-order valence-electron chi connectivity index (χ3n) is 3.09. The molecular formula is C14H15BrO3S. The number of hydrogen-bond acceptors (Lipinski definition) is 3. The van der Waals surface area contributed by atoms with Crippen molar-refractivity contribution >= 4 is 43.3 Å². The summed E-state index contributed by atoms with van der Waals surface area (Å²) in [6.45, 7) is 1.75. The van der Waals surface area contributed by atoms with Crippen molar-refractivity contribution in [2.24, 2.45) is 5.92 Å². The molecule has 0 saturated heterocycles. The Hall–Kier alpha value is -1.07. The Morgan fingerprint density at radius 1 is 1.47 bits per heavy atom. The van der Waals surface area contributed by atoms with Crippen LogP contribution in [0.5, 0.6) is 5.75 Å². The maximum Gasteiger partial charge on any atom is 0.306 e. The molecule has 0 saturated carbocycles. The SMILES string of the molecule is COc1cc2sc(CCC(C)C(=O)O)cc2cc1Br. The van der Waals surface area contributed by atoms with Crippen LogP contribution in [0.2, 0.25) is 0 Å². The summed E-state index contributed by atoms with van der Waals surface area (Å²) in [7, 11) is 1.65. The molecule has 1 aromatic heterocycles. The minimum absolute atomic E-state index is 0.300. The van der Waals surface area contributed by atoms with E-state index in [1.165, 1.54) is 4.88 Å². The minimum Gasteiger partial charge on any atom is -0.496 e. The highest BCUT2D eigenvalue weighted by Gasteiger charge is 2.12. The number of methoxy groups -OCH3 is 1. The molecule has 2 aromatic rings. The first-order valence-electron chi connectivity index (χ1n) is 6.00. The summed E-state index contributed by atoms with van der Waals surface area (Å²) >= 11 is 5.17. The van der Waals surface area contributed by atoms with E-state index < -0.39 is 5.97 Å². The smallest absolute Gasteiger partial charge is 0.306 e. The fourth-order valence-corrected chi connectivity index (χ4v) is 3.47. The molecule has 2 rings (SSSR count). The first kappa shape index (κ1) is 14.3. The van der Waals surface area contributed by atoms with Gasteiger partial charge in [0.15, 0.2) is 0 Å². The molecule has 0 aliphatic rings. The molecule has 1 atom stereocenters. The molecule has 5 heteroatoms. The maximum atomic E-state index is 10.8. The molecule has 1 unspecified atom stereocenters. The fourth-order valence-electron chi connectivity index (χ4n) is 1.86. The van der Waals surface area contributed by atoms with Crippen LogP contribution in [0.15, 0.2) is 22.7 Å². The van der Waals surface area contributed by atoms with Crippen LogP contribution in [0, 0.1) is 5.92 Å². The van der Waals surface area contributed by atoms with Gasteiger partial charge in [0.05, 0.1) is 17.5 Å². The molecule has 0 bridgehead atoms. The van der Waals surface area contributed by atoms with Gasteiger partial charge in [-0.1, -0.05) is 6.92 Å². The van der Waals surface area contributed by atoms with E-state index in [-0.39, 0.29) is 5.92 Å². The first-order chi connectivity index (χ1) is 9.01. The van der Waals surface area contributed by atoms with Crippen molar-refractivity contribution in [1.82, 2.24) is 0 Å². The lowest BCUT2D eigenvalue weighted by molar-refractivity contribution is -0.141. The molecule has 1 heterocycles. The monoisotopic (exact) mass is 342 g/mol. The third-order valence-corrected chi connectivity index (χ3v) is 4.86. The van der Waals surface area contributed by atoms with Gasteiger partial charge >= 0.3 is 5.97 Å². The summed E-state index contributed by atoms with van der Waals surface area (Å²) in [6.07, 6.45) is 1.47. The highest BCUT2D eigenvalue weighted by atomic mass is 79.9. The molecule has 19 heavy (non-hydrogen) atoms. The number of rotatable bonds is 5. The Kier molecular flexibility index (Phi) is 4.47. The van der Waals surface area contributed by atoms with Gasteiger partial charge in [0.1, 0.15) is 5.75 Å². The third kappa shape index (κ3) is 3.28. The van der Waals surface area contributed by atoms with Crippen molar-refractivity contribution in [3.63, 3.8) is 0 Å². The Bertz CT molecular complexity index is 606.